The zero-order valence-electron chi connectivity index (χ0n) is 15.1. The Morgan fingerprint density at radius 3 is 2.68 bits per heavy atom. The molecule has 3 nitrogen and oxygen atoms in total. The second-order valence-electron chi connectivity index (χ2n) is 7.22. The fourth-order valence-electron chi connectivity index (χ4n) is 3.74. The van der Waals surface area contributed by atoms with Crippen molar-refractivity contribution in [2.24, 2.45) is 0 Å². The molecule has 1 aromatic carbocycles. The molecule has 0 aliphatic heterocycles. The number of nitrogens with one attached hydrogen (secondary N) is 2. The third-order valence-corrected chi connectivity index (χ3v) is 5.36. The quantitative estimate of drug-likeness (QED) is 0.747. The van der Waals surface area contributed by atoms with Gasteiger partial charge >= 0.3 is 0 Å². The summed E-state index contributed by atoms with van der Waals surface area (Å²) in [7, 11) is 0. The lowest BCUT2D eigenvalue weighted by Crippen LogP contribution is -2.48. The molecule has 132 valence electrons. The van der Waals surface area contributed by atoms with Crippen LogP contribution in [0, 0.1) is 13.8 Å². The van der Waals surface area contributed by atoms with Gasteiger partial charge < -0.3 is 10.6 Å². The second-order valence-corrected chi connectivity index (χ2v) is 7.63. The van der Waals surface area contributed by atoms with E-state index in [1.807, 2.05) is 19.1 Å². The van der Waals surface area contributed by atoms with E-state index in [0.29, 0.717) is 5.11 Å². The van der Waals surface area contributed by atoms with E-state index in [9.17, 15) is 0 Å². The highest BCUT2D eigenvalue weighted by Crippen LogP contribution is 2.34. The number of rotatable bonds is 5. The molecular weight excluding hydrogens is 326 g/mol. The van der Waals surface area contributed by atoms with E-state index in [4.69, 9.17) is 12.2 Å². The molecule has 1 aliphatic carbocycles. The molecule has 0 saturated heterocycles. The van der Waals surface area contributed by atoms with E-state index in [0.717, 1.165) is 24.2 Å². The molecule has 1 saturated carbocycles. The van der Waals surface area contributed by atoms with E-state index in [-0.39, 0.29) is 5.54 Å². The molecular formula is C21H27N3S. The monoisotopic (exact) mass is 353 g/mol. The molecule has 0 unspecified atom stereocenters. The number of aromatic nitrogens is 1. The van der Waals surface area contributed by atoms with Crippen LogP contribution in [0.4, 0.5) is 5.82 Å². The number of hydrogen-bond donors (Lipinski definition) is 2. The minimum absolute atomic E-state index is 0.108. The largest absolute Gasteiger partial charge is 0.357 e. The Morgan fingerprint density at radius 2 is 1.96 bits per heavy atom. The average Bonchev–Trinajstić information content (AvgIpc) is 3.04. The number of pyridine rings is 1. The summed E-state index contributed by atoms with van der Waals surface area (Å²) >= 11 is 5.59. The van der Waals surface area contributed by atoms with Crippen LogP contribution in [0.25, 0.3) is 0 Å². The van der Waals surface area contributed by atoms with Gasteiger partial charge in [-0.05, 0) is 68.9 Å². The summed E-state index contributed by atoms with van der Waals surface area (Å²) in [4.78, 5) is 4.38. The van der Waals surface area contributed by atoms with Crippen LogP contribution in [0.3, 0.4) is 0 Å². The summed E-state index contributed by atoms with van der Waals surface area (Å²) in [6, 6.07) is 12.8. The van der Waals surface area contributed by atoms with Crippen LogP contribution < -0.4 is 10.6 Å². The molecule has 0 bridgehead atoms. The molecule has 1 heterocycles. The molecule has 0 spiro atoms. The fourth-order valence-corrected chi connectivity index (χ4v) is 4.05. The van der Waals surface area contributed by atoms with Gasteiger partial charge in [-0.25, -0.2) is 4.98 Å². The fraction of sp³-hybridized carbons (Fsp3) is 0.429. The first-order chi connectivity index (χ1) is 12.1. The average molecular weight is 354 g/mol. The summed E-state index contributed by atoms with van der Waals surface area (Å²) in [6.45, 7) is 4.20. The minimum atomic E-state index is 0.108. The lowest BCUT2D eigenvalue weighted by atomic mass is 9.89. The van der Waals surface area contributed by atoms with Crippen LogP contribution in [0.1, 0.15) is 48.8 Å². The highest BCUT2D eigenvalue weighted by Gasteiger charge is 2.34. The second kappa shape index (κ2) is 7.96. The van der Waals surface area contributed by atoms with Gasteiger partial charge in [-0.2, -0.15) is 0 Å². The Hall–Kier alpha value is -1.94. The molecule has 0 atom stereocenters. The van der Waals surface area contributed by atoms with E-state index in [2.05, 4.69) is 46.8 Å². The summed E-state index contributed by atoms with van der Waals surface area (Å²) in [5.41, 5.74) is 3.95. The SMILES string of the molecule is Cc1cccc(CCC2(NC(=S)Nc3ncccc3C)CCCC2)c1. The molecule has 4 heteroatoms. The van der Waals surface area contributed by atoms with Gasteiger partial charge in [0, 0.05) is 11.7 Å². The molecule has 1 fully saturated rings. The Kier molecular flexibility index (Phi) is 5.69. The smallest absolute Gasteiger partial charge is 0.172 e. The summed E-state index contributed by atoms with van der Waals surface area (Å²) in [5.74, 6) is 0.840. The van der Waals surface area contributed by atoms with E-state index < -0.39 is 0 Å². The normalized spacial score (nSPS) is 15.8. The lowest BCUT2D eigenvalue weighted by molar-refractivity contribution is 0.362. The topological polar surface area (TPSA) is 37.0 Å². The maximum atomic E-state index is 5.59. The van der Waals surface area contributed by atoms with Gasteiger partial charge in [0.05, 0.1) is 0 Å². The van der Waals surface area contributed by atoms with Crippen LogP contribution in [0.15, 0.2) is 42.6 Å². The summed E-state index contributed by atoms with van der Waals surface area (Å²) in [5, 5.41) is 7.60. The van der Waals surface area contributed by atoms with Crippen molar-refractivity contribution in [2.45, 2.75) is 57.9 Å². The Bertz CT molecular complexity index is 735. The highest BCUT2D eigenvalue weighted by atomic mass is 32.1. The van der Waals surface area contributed by atoms with Gasteiger partial charge in [0.2, 0.25) is 0 Å². The first-order valence-electron chi connectivity index (χ1n) is 9.13. The van der Waals surface area contributed by atoms with Crippen molar-refractivity contribution in [3.63, 3.8) is 0 Å². The number of hydrogen-bond acceptors (Lipinski definition) is 2. The maximum Gasteiger partial charge on any atom is 0.172 e. The van der Waals surface area contributed by atoms with Crippen LogP contribution in [-0.4, -0.2) is 15.6 Å². The minimum Gasteiger partial charge on any atom is -0.357 e. The molecule has 2 N–H and O–H groups in total. The first-order valence-corrected chi connectivity index (χ1v) is 9.54. The van der Waals surface area contributed by atoms with Crippen molar-refractivity contribution in [1.82, 2.24) is 10.3 Å². The molecule has 3 rings (SSSR count). The number of anilines is 1. The van der Waals surface area contributed by atoms with Crippen molar-refractivity contribution >= 4 is 23.1 Å². The van der Waals surface area contributed by atoms with Crippen molar-refractivity contribution in [3.05, 3.63) is 59.3 Å². The number of aryl methyl sites for hydroxylation is 3. The van der Waals surface area contributed by atoms with Gasteiger partial charge in [-0.1, -0.05) is 48.7 Å². The first kappa shape index (κ1) is 17.9. The van der Waals surface area contributed by atoms with Crippen molar-refractivity contribution in [2.75, 3.05) is 5.32 Å². The Balaban J connectivity index is 1.64. The van der Waals surface area contributed by atoms with Crippen molar-refractivity contribution in [3.8, 4) is 0 Å². The third kappa shape index (κ3) is 4.79. The van der Waals surface area contributed by atoms with Crippen LogP contribution in [0.5, 0.6) is 0 Å². The van der Waals surface area contributed by atoms with Crippen LogP contribution >= 0.6 is 12.2 Å². The molecule has 0 amide bonds. The zero-order valence-corrected chi connectivity index (χ0v) is 16.0. The Morgan fingerprint density at radius 1 is 1.16 bits per heavy atom. The summed E-state index contributed by atoms with van der Waals surface area (Å²) in [6.07, 6.45) is 8.89. The zero-order chi connectivity index (χ0) is 17.7. The van der Waals surface area contributed by atoms with Gasteiger partial charge in [0.1, 0.15) is 5.82 Å². The van der Waals surface area contributed by atoms with Crippen molar-refractivity contribution in [1.29, 1.82) is 0 Å². The lowest BCUT2D eigenvalue weighted by Gasteiger charge is -2.32. The van der Waals surface area contributed by atoms with Gasteiger partial charge in [0.15, 0.2) is 5.11 Å². The predicted octanol–water partition coefficient (Wildman–Crippen LogP) is 4.93. The van der Waals surface area contributed by atoms with Gasteiger partial charge in [0.25, 0.3) is 0 Å². The van der Waals surface area contributed by atoms with Gasteiger partial charge in [-0.3, -0.25) is 0 Å². The molecule has 25 heavy (non-hydrogen) atoms. The molecule has 0 radical (unpaired) electrons. The van der Waals surface area contributed by atoms with E-state index in [1.54, 1.807) is 6.20 Å². The van der Waals surface area contributed by atoms with Crippen molar-refractivity contribution < 1.29 is 0 Å². The standard InChI is InChI=1S/C21H27N3S/c1-16-7-5-9-18(15-16)10-13-21(11-3-4-12-21)24-20(25)23-19-17(2)8-6-14-22-19/h5-9,14-15H,3-4,10-13H2,1-2H3,(H2,22,23,24,25). The maximum absolute atomic E-state index is 5.59. The number of benzene rings is 1. The van der Waals surface area contributed by atoms with Crippen LogP contribution in [-0.2, 0) is 6.42 Å². The van der Waals surface area contributed by atoms with Gasteiger partial charge in [-0.15, -0.1) is 0 Å². The summed E-state index contributed by atoms with van der Waals surface area (Å²) < 4.78 is 0. The van der Waals surface area contributed by atoms with Crippen LogP contribution in [0.2, 0.25) is 0 Å². The molecule has 1 aromatic heterocycles. The number of nitrogens with zero attached hydrogens (tertiary/aromatic N) is 1. The third-order valence-electron chi connectivity index (χ3n) is 5.16. The van der Waals surface area contributed by atoms with E-state index in [1.165, 1.54) is 36.8 Å². The molecule has 2 aromatic rings. The van der Waals surface area contributed by atoms with E-state index >= 15 is 0 Å². The molecule has 1 aliphatic rings. The Labute approximate surface area is 156 Å². The predicted molar refractivity (Wildman–Crippen MR) is 109 cm³/mol. The number of thiocarbonyl (C=S) groups is 1. The highest BCUT2D eigenvalue weighted by molar-refractivity contribution is 7.80.